The van der Waals surface area contributed by atoms with Crippen molar-refractivity contribution in [3.63, 3.8) is 0 Å². The van der Waals surface area contributed by atoms with Crippen LogP contribution in [-0.4, -0.2) is 32.7 Å². The van der Waals surface area contributed by atoms with Gasteiger partial charge in [0.05, 0.1) is 17.3 Å². The zero-order valence-corrected chi connectivity index (χ0v) is 11.7. The van der Waals surface area contributed by atoms with E-state index in [0.29, 0.717) is 11.0 Å². The molecule has 8 nitrogen and oxygen atoms in total. The Bertz CT molecular complexity index is 831. The summed E-state index contributed by atoms with van der Waals surface area (Å²) in [6, 6.07) is 7.67. The highest BCUT2D eigenvalue weighted by Crippen LogP contribution is 2.29. The van der Waals surface area contributed by atoms with Gasteiger partial charge in [-0.2, -0.15) is 5.26 Å². The average molecular weight is 299 g/mol. The second-order valence-electron chi connectivity index (χ2n) is 3.92. The first-order valence-corrected chi connectivity index (χ1v) is 6.67. The van der Waals surface area contributed by atoms with Crippen molar-refractivity contribution < 1.29 is 4.74 Å². The lowest BCUT2D eigenvalue weighted by Gasteiger charge is -1.96. The first-order valence-electron chi connectivity index (χ1n) is 5.85. The molecule has 21 heavy (non-hydrogen) atoms. The smallest absolute Gasteiger partial charge is 0.191 e. The van der Waals surface area contributed by atoms with Gasteiger partial charge in [0.15, 0.2) is 11.0 Å². The van der Waals surface area contributed by atoms with Gasteiger partial charge < -0.3 is 10.1 Å². The minimum absolute atomic E-state index is 0.289. The van der Waals surface area contributed by atoms with Crippen LogP contribution in [0.5, 0.6) is 5.75 Å². The molecule has 0 aliphatic heterocycles. The van der Waals surface area contributed by atoms with Crippen LogP contribution in [0.25, 0.3) is 15.8 Å². The van der Waals surface area contributed by atoms with Gasteiger partial charge in [0.1, 0.15) is 17.4 Å². The number of fused-ring (bicyclic) bond motifs is 1. The van der Waals surface area contributed by atoms with Gasteiger partial charge in [-0.05, 0) is 22.6 Å². The number of methoxy groups -OCH3 is 1. The maximum Gasteiger partial charge on any atom is 0.191 e. The summed E-state index contributed by atoms with van der Waals surface area (Å²) in [5.74, 6) is 1.05. The van der Waals surface area contributed by atoms with Crippen molar-refractivity contribution in [3.8, 4) is 11.8 Å². The van der Waals surface area contributed by atoms with Gasteiger partial charge in [-0.3, -0.25) is 0 Å². The molecule has 3 rings (SSSR count). The molecule has 0 radical (unpaired) electrons. The van der Waals surface area contributed by atoms with Gasteiger partial charge in [-0.15, -0.1) is 5.10 Å². The lowest BCUT2D eigenvalue weighted by molar-refractivity contribution is 0.415. The fraction of sp³-hybridized carbons (Fsp3) is 0.0833. The summed E-state index contributed by atoms with van der Waals surface area (Å²) < 4.78 is 6.18. The Labute approximate surface area is 123 Å². The number of rotatable bonds is 4. The third kappa shape index (κ3) is 2.65. The van der Waals surface area contributed by atoms with Crippen LogP contribution in [0.4, 0.5) is 5.13 Å². The van der Waals surface area contributed by atoms with Crippen LogP contribution in [0.15, 0.2) is 24.4 Å². The summed E-state index contributed by atoms with van der Waals surface area (Å²) in [6.07, 6.45) is 1.51. The topological polar surface area (TPSA) is 112 Å². The quantitative estimate of drug-likeness (QED) is 0.706. The fourth-order valence-electron chi connectivity index (χ4n) is 1.66. The van der Waals surface area contributed by atoms with Gasteiger partial charge in [-0.25, -0.2) is 10.1 Å². The molecule has 0 spiro atoms. The van der Waals surface area contributed by atoms with Crippen molar-refractivity contribution >= 4 is 32.3 Å². The number of aromatic amines is 1. The highest BCUT2D eigenvalue weighted by molar-refractivity contribution is 7.22. The van der Waals surface area contributed by atoms with Gasteiger partial charge in [0.2, 0.25) is 0 Å². The lowest BCUT2D eigenvalue weighted by Crippen LogP contribution is -1.92. The molecule has 0 saturated carbocycles. The second kappa shape index (κ2) is 5.56. The molecule has 2 heterocycles. The SMILES string of the molecule is COc1ccc2sc(N/C=C(/C#N)c3nnn[nH]3)nc2c1. The summed E-state index contributed by atoms with van der Waals surface area (Å²) in [5.41, 5.74) is 1.12. The number of allylic oxidation sites excluding steroid dienone is 1. The molecule has 104 valence electrons. The standard InChI is InChI=1S/C12H9N7OS/c1-20-8-2-3-10-9(4-8)15-12(21-10)14-6-7(5-13)11-16-18-19-17-11/h2-4,6H,1H3,(H,14,15)(H,16,17,18,19)/b7-6-. The van der Waals surface area contributed by atoms with E-state index < -0.39 is 0 Å². The number of hydrogen-bond acceptors (Lipinski definition) is 8. The molecule has 0 fully saturated rings. The first kappa shape index (κ1) is 13.0. The maximum atomic E-state index is 9.08. The van der Waals surface area contributed by atoms with Crippen molar-refractivity contribution in [2.45, 2.75) is 0 Å². The van der Waals surface area contributed by atoms with Crippen molar-refractivity contribution in [1.82, 2.24) is 25.6 Å². The van der Waals surface area contributed by atoms with Crippen LogP contribution in [-0.2, 0) is 0 Å². The molecule has 2 N–H and O–H groups in total. The second-order valence-corrected chi connectivity index (χ2v) is 4.95. The number of hydrogen-bond donors (Lipinski definition) is 2. The number of nitriles is 1. The molecule has 0 atom stereocenters. The molecule has 0 aliphatic rings. The summed E-state index contributed by atoms with van der Waals surface area (Å²) in [6.45, 7) is 0. The minimum Gasteiger partial charge on any atom is -0.497 e. The summed E-state index contributed by atoms with van der Waals surface area (Å²) >= 11 is 1.47. The summed E-state index contributed by atoms with van der Waals surface area (Å²) in [7, 11) is 1.61. The van der Waals surface area contributed by atoms with Gasteiger partial charge >= 0.3 is 0 Å². The van der Waals surface area contributed by atoms with Gasteiger partial charge in [0.25, 0.3) is 0 Å². The van der Waals surface area contributed by atoms with Gasteiger partial charge in [0, 0.05) is 12.3 Å². The minimum atomic E-state index is 0.289. The van der Waals surface area contributed by atoms with Crippen molar-refractivity contribution in [2.75, 3.05) is 12.4 Å². The van der Waals surface area contributed by atoms with Crippen molar-refractivity contribution in [1.29, 1.82) is 5.26 Å². The highest BCUT2D eigenvalue weighted by atomic mass is 32.1. The van der Waals surface area contributed by atoms with Crippen molar-refractivity contribution in [3.05, 3.63) is 30.2 Å². The number of thiazole rings is 1. The van der Waals surface area contributed by atoms with E-state index in [1.165, 1.54) is 17.5 Å². The average Bonchev–Trinajstić information content (AvgIpc) is 3.16. The van der Waals surface area contributed by atoms with Crippen LogP contribution in [0.1, 0.15) is 5.82 Å². The third-order valence-electron chi connectivity index (χ3n) is 2.66. The molecule has 0 aliphatic carbocycles. The molecule has 2 aromatic heterocycles. The normalized spacial score (nSPS) is 11.3. The molecule has 0 amide bonds. The Morgan fingerprint density at radius 3 is 3.14 bits per heavy atom. The molecule has 0 bridgehead atoms. The van der Waals surface area contributed by atoms with E-state index >= 15 is 0 Å². The zero-order valence-electron chi connectivity index (χ0n) is 10.9. The van der Waals surface area contributed by atoms with Crippen LogP contribution < -0.4 is 10.1 Å². The molecule has 9 heteroatoms. The molecular formula is C12H9N7OS. The number of anilines is 1. The number of nitrogens with zero attached hydrogens (tertiary/aromatic N) is 5. The Hall–Kier alpha value is -2.99. The lowest BCUT2D eigenvalue weighted by atomic mass is 10.3. The number of benzene rings is 1. The van der Waals surface area contributed by atoms with Crippen LogP contribution in [0.2, 0.25) is 0 Å². The molecule has 1 aromatic carbocycles. The summed E-state index contributed by atoms with van der Waals surface area (Å²) in [5, 5.41) is 25.8. The van der Waals surface area contributed by atoms with E-state index in [1.54, 1.807) is 7.11 Å². The molecule has 0 unspecified atom stereocenters. The van der Waals surface area contributed by atoms with E-state index in [-0.39, 0.29) is 5.57 Å². The van der Waals surface area contributed by atoms with Crippen LogP contribution in [0.3, 0.4) is 0 Å². The number of tetrazole rings is 1. The largest absolute Gasteiger partial charge is 0.497 e. The fourth-order valence-corrected chi connectivity index (χ4v) is 2.47. The predicted molar refractivity (Wildman–Crippen MR) is 77.6 cm³/mol. The maximum absolute atomic E-state index is 9.08. The van der Waals surface area contributed by atoms with E-state index in [4.69, 9.17) is 10.00 Å². The van der Waals surface area contributed by atoms with Gasteiger partial charge in [-0.1, -0.05) is 11.3 Å². The summed E-state index contributed by atoms with van der Waals surface area (Å²) in [4.78, 5) is 4.42. The number of aromatic nitrogens is 5. The van der Waals surface area contributed by atoms with E-state index in [9.17, 15) is 0 Å². The Morgan fingerprint density at radius 1 is 1.52 bits per heavy atom. The van der Waals surface area contributed by atoms with Crippen LogP contribution in [0, 0.1) is 11.3 Å². The van der Waals surface area contributed by atoms with E-state index in [0.717, 1.165) is 16.0 Å². The molecular weight excluding hydrogens is 290 g/mol. The Morgan fingerprint density at radius 2 is 2.43 bits per heavy atom. The Kier molecular flexibility index (Phi) is 3.44. The van der Waals surface area contributed by atoms with Crippen molar-refractivity contribution in [2.24, 2.45) is 0 Å². The van der Waals surface area contributed by atoms with Crippen LogP contribution >= 0.6 is 11.3 Å². The zero-order chi connectivity index (χ0) is 14.7. The molecule has 3 aromatic rings. The first-order chi connectivity index (χ1) is 10.3. The number of nitrogens with one attached hydrogen (secondary N) is 2. The number of H-pyrrole nitrogens is 1. The Balaban J connectivity index is 1.86. The highest BCUT2D eigenvalue weighted by Gasteiger charge is 2.07. The number of ether oxygens (including phenoxy) is 1. The molecule has 0 saturated heterocycles. The third-order valence-corrected chi connectivity index (χ3v) is 3.62. The monoisotopic (exact) mass is 299 g/mol. The predicted octanol–water partition coefficient (Wildman–Crippen LogP) is 1.79. The van der Waals surface area contributed by atoms with E-state index in [2.05, 4.69) is 30.9 Å². The van der Waals surface area contributed by atoms with E-state index in [1.807, 2.05) is 24.3 Å².